The second kappa shape index (κ2) is 7.79. The maximum absolute atomic E-state index is 14.7. The zero-order valence-electron chi connectivity index (χ0n) is 16.7. The van der Waals surface area contributed by atoms with Crippen LogP contribution in [0.3, 0.4) is 0 Å². The second-order valence-electron chi connectivity index (χ2n) is 7.64. The van der Waals surface area contributed by atoms with Gasteiger partial charge in [-0.2, -0.15) is 0 Å². The molecule has 7 nitrogen and oxygen atoms in total. The number of fused-ring (bicyclic) bond motifs is 2. The summed E-state index contributed by atoms with van der Waals surface area (Å²) >= 11 is 0. The number of pyridine rings is 1. The Morgan fingerprint density at radius 2 is 1.94 bits per heavy atom. The summed E-state index contributed by atoms with van der Waals surface area (Å²) in [6.07, 6.45) is 3.96. The topological polar surface area (TPSA) is 92.7 Å². The van der Waals surface area contributed by atoms with E-state index in [2.05, 4.69) is 20.5 Å². The van der Waals surface area contributed by atoms with Gasteiger partial charge in [0.15, 0.2) is 5.82 Å². The quantitative estimate of drug-likeness (QED) is 0.529. The number of anilines is 1. The number of halogens is 1. The minimum absolute atomic E-state index is 0.251. The van der Waals surface area contributed by atoms with Crippen molar-refractivity contribution in [3.05, 3.63) is 76.1 Å². The number of amides is 1. The third-order valence-electron chi connectivity index (χ3n) is 5.57. The lowest BCUT2D eigenvalue weighted by Crippen LogP contribution is -2.17. The SMILES string of the molecule is O=C(Nc1ccc(F)c(-c2nnc3n2CCCCC3)c1)c1cc(=O)[nH]c2ccccc12. The number of nitrogens with zero attached hydrogens (tertiary/aromatic N) is 3. The van der Waals surface area contributed by atoms with Crippen molar-refractivity contribution in [2.24, 2.45) is 0 Å². The van der Waals surface area contributed by atoms with Crippen LogP contribution in [0.2, 0.25) is 0 Å². The van der Waals surface area contributed by atoms with Crippen molar-refractivity contribution in [2.45, 2.75) is 32.2 Å². The highest BCUT2D eigenvalue weighted by Crippen LogP contribution is 2.28. The number of carbonyl (C=O) groups is 1. The van der Waals surface area contributed by atoms with Crippen molar-refractivity contribution >= 4 is 22.5 Å². The van der Waals surface area contributed by atoms with Crippen LogP contribution in [-0.2, 0) is 13.0 Å². The van der Waals surface area contributed by atoms with Crippen molar-refractivity contribution in [3.63, 3.8) is 0 Å². The molecule has 4 aromatic rings. The van der Waals surface area contributed by atoms with Crippen molar-refractivity contribution in [1.82, 2.24) is 19.7 Å². The first kappa shape index (κ1) is 19.2. The first-order chi connectivity index (χ1) is 15.1. The summed E-state index contributed by atoms with van der Waals surface area (Å²) in [5, 5.41) is 11.9. The molecule has 0 saturated carbocycles. The molecule has 31 heavy (non-hydrogen) atoms. The number of H-pyrrole nitrogens is 1. The van der Waals surface area contributed by atoms with Crippen LogP contribution >= 0.6 is 0 Å². The fourth-order valence-corrected chi connectivity index (χ4v) is 4.05. The molecular weight excluding hydrogens is 397 g/mol. The number of hydrogen-bond acceptors (Lipinski definition) is 4. The lowest BCUT2D eigenvalue weighted by Gasteiger charge is -2.11. The summed E-state index contributed by atoms with van der Waals surface area (Å²) in [5.41, 5.74) is 1.16. The zero-order valence-corrected chi connectivity index (χ0v) is 16.7. The minimum Gasteiger partial charge on any atom is -0.322 e. The lowest BCUT2D eigenvalue weighted by atomic mass is 10.1. The van der Waals surface area contributed by atoms with Gasteiger partial charge in [-0.25, -0.2) is 4.39 Å². The molecule has 0 spiro atoms. The van der Waals surface area contributed by atoms with Crippen LogP contribution in [0, 0.1) is 5.82 Å². The average Bonchev–Trinajstić information content (AvgIpc) is 3.02. The number of para-hydroxylation sites is 1. The van der Waals surface area contributed by atoms with Crippen LogP contribution in [0.15, 0.2) is 53.3 Å². The third-order valence-corrected chi connectivity index (χ3v) is 5.57. The Morgan fingerprint density at radius 3 is 2.84 bits per heavy atom. The van der Waals surface area contributed by atoms with Crippen LogP contribution in [0.25, 0.3) is 22.3 Å². The van der Waals surface area contributed by atoms with E-state index in [-0.39, 0.29) is 16.7 Å². The largest absolute Gasteiger partial charge is 0.322 e. The van der Waals surface area contributed by atoms with Crippen LogP contribution < -0.4 is 10.9 Å². The molecule has 0 aliphatic carbocycles. The minimum atomic E-state index is -0.445. The molecule has 2 aromatic heterocycles. The molecule has 1 aliphatic rings. The van der Waals surface area contributed by atoms with Gasteiger partial charge in [0, 0.05) is 35.6 Å². The summed E-state index contributed by atoms with van der Waals surface area (Å²) in [6.45, 7) is 0.743. The molecule has 0 atom stereocenters. The van der Waals surface area contributed by atoms with Gasteiger partial charge in [-0.05, 0) is 37.1 Å². The van der Waals surface area contributed by atoms with Crippen molar-refractivity contribution in [2.75, 3.05) is 5.32 Å². The Kier molecular flexibility index (Phi) is 4.82. The van der Waals surface area contributed by atoms with Gasteiger partial charge in [0.05, 0.1) is 11.1 Å². The maximum Gasteiger partial charge on any atom is 0.256 e. The Hall–Kier alpha value is -3.81. The Labute approximate surface area is 176 Å². The van der Waals surface area contributed by atoms with Crippen LogP contribution in [0.5, 0.6) is 0 Å². The van der Waals surface area contributed by atoms with E-state index in [1.165, 1.54) is 18.2 Å². The van der Waals surface area contributed by atoms with Crippen molar-refractivity contribution in [1.29, 1.82) is 0 Å². The van der Waals surface area contributed by atoms with Crippen LogP contribution in [0.4, 0.5) is 10.1 Å². The summed E-state index contributed by atoms with van der Waals surface area (Å²) in [7, 11) is 0. The van der Waals surface area contributed by atoms with Gasteiger partial charge in [-0.1, -0.05) is 24.6 Å². The van der Waals surface area contributed by atoms with Gasteiger partial charge in [0.1, 0.15) is 11.6 Å². The normalized spacial score (nSPS) is 13.6. The first-order valence-corrected chi connectivity index (χ1v) is 10.3. The van der Waals surface area contributed by atoms with E-state index < -0.39 is 11.7 Å². The standard InChI is InChI=1S/C23H20FN5O2/c24-18-10-9-14(12-17(18)22-28-27-20-8-2-1-5-11-29(20)22)25-23(31)16-13-21(30)26-19-7-4-3-6-15(16)19/h3-4,6-7,9-10,12-13H,1-2,5,8,11H2,(H,25,31)(H,26,30). The van der Waals surface area contributed by atoms with Gasteiger partial charge >= 0.3 is 0 Å². The molecular formula is C23H20FN5O2. The number of benzene rings is 2. The summed E-state index contributed by atoms with van der Waals surface area (Å²) < 4.78 is 16.6. The third kappa shape index (κ3) is 3.61. The molecule has 156 valence electrons. The first-order valence-electron chi connectivity index (χ1n) is 10.3. The van der Waals surface area contributed by atoms with Gasteiger partial charge in [0.25, 0.3) is 5.91 Å². The molecule has 2 N–H and O–H groups in total. The number of nitrogens with one attached hydrogen (secondary N) is 2. The van der Waals surface area contributed by atoms with E-state index in [1.807, 2.05) is 4.57 Å². The van der Waals surface area contributed by atoms with E-state index in [9.17, 15) is 14.0 Å². The molecule has 1 amide bonds. The Morgan fingerprint density at radius 1 is 1.06 bits per heavy atom. The van der Waals surface area contributed by atoms with E-state index in [0.29, 0.717) is 22.4 Å². The molecule has 0 unspecified atom stereocenters. The predicted molar refractivity (Wildman–Crippen MR) is 115 cm³/mol. The van der Waals surface area contributed by atoms with Gasteiger partial charge < -0.3 is 14.9 Å². The number of carbonyl (C=O) groups excluding carboxylic acids is 1. The highest BCUT2D eigenvalue weighted by molar-refractivity contribution is 6.12. The summed E-state index contributed by atoms with van der Waals surface area (Å²) in [6, 6.07) is 12.7. The molecule has 2 aromatic carbocycles. The van der Waals surface area contributed by atoms with Crippen LogP contribution in [0.1, 0.15) is 35.4 Å². The van der Waals surface area contributed by atoms with Gasteiger partial charge in [-0.15, -0.1) is 10.2 Å². The lowest BCUT2D eigenvalue weighted by molar-refractivity contribution is 0.102. The molecule has 0 bridgehead atoms. The number of hydrogen-bond donors (Lipinski definition) is 2. The smallest absolute Gasteiger partial charge is 0.256 e. The number of aromatic nitrogens is 4. The van der Waals surface area contributed by atoms with Gasteiger partial charge in [0.2, 0.25) is 5.56 Å². The molecule has 0 saturated heterocycles. The highest BCUT2D eigenvalue weighted by atomic mass is 19.1. The summed E-state index contributed by atoms with van der Waals surface area (Å²) in [5.74, 6) is 0.447. The Bertz CT molecular complexity index is 1360. The average molecular weight is 417 g/mol. The van der Waals surface area contributed by atoms with E-state index in [4.69, 9.17) is 0 Å². The zero-order chi connectivity index (χ0) is 21.4. The molecule has 8 heteroatoms. The fourth-order valence-electron chi connectivity index (χ4n) is 4.05. The van der Waals surface area contributed by atoms with E-state index in [1.54, 1.807) is 30.3 Å². The fraction of sp³-hybridized carbons (Fsp3) is 0.217. The predicted octanol–water partition coefficient (Wildman–Crippen LogP) is 3.90. The monoisotopic (exact) mass is 417 g/mol. The molecule has 1 aliphatic heterocycles. The van der Waals surface area contributed by atoms with Crippen molar-refractivity contribution < 1.29 is 9.18 Å². The summed E-state index contributed by atoms with van der Waals surface area (Å²) in [4.78, 5) is 27.6. The van der Waals surface area contributed by atoms with E-state index in [0.717, 1.165) is 38.1 Å². The van der Waals surface area contributed by atoms with Gasteiger partial charge in [-0.3, -0.25) is 9.59 Å². The number of rotatable bonds is 3. The Balaban J connectivity index is 1.50. The highest BCUT2D eigenvalue weighted by Gasteiger charge is 2.20. The van der Waals surface area contributed by atoms with Crippen LogP contribution in [-0.4, -0.2) is 25.7 Å². The molecule has 0 fully saturated rings. The van der Waals surface area contributed by atoms with E-state index >= 15 is 0 Å². The molecule has 3 heterocycles. The number of aryl methyl sites for hydroxylation is 1. The molecule has 5 rings (SSSR count). The van der Waals surface area contributed by atoms with Crippen molar-refractivity contribution in [3.8, 4) is 11.4 Å². The molecule has 0 radical (unpaired) electrons. The second-order valence-corrected chi connectivity index (χ2v) is 7.64. The number of aromatic amines is 1. The maximum atomic E-state index is 14.7.